The van der Waals surface area contributed by atoms with Crippen LogP contribution in [0.1, 0.15) is 115 Å². The SMILES string of the molecule is CCCCCCCCCCCCCCCCCCc1cccc(OC)c1. The van der Waals surface area contributed by atoms with E-state index in [0.717, 1.165) is 5.75 Å². The van der Waals surface area contributed by atoms with Crippen LogP contribution in [-0.4, -0.2) is 7.11 Å². The Labute approximate surface area is 163 Å². The Hall–Kier alpha value is -0.980. The van der Waals surface area contributed by atoms with Gasteiger partial charge in [-0.05, 0) is 30.5 Å². The Morgan fingerprint density at radius 3 is 1.54 bits per heavy atom. The summed E-state index contributed by atoms with van der Waals surface area (Å²) >= 11 is 0. The summed E-state index contributed by atoms with van der Waals surface area (Å²) in [7, 11) is 1.74. The molecule has 1 nitrogen and oxygen atoms in total. The van der Waals surface area contributed by atoms with Crippen LogP contribution in [0.25, 0.3) is 0 Å². The molecular weight excluding hydrogens is 316 g/mol. The Morgan fingerprint density at radius 2 is 1.08 bits per heavy atom. The van der Waals surface area contributed by atoms with Crippen LogP contribution in [0.4, 0.5) is 0 Å². The zero-order chi connectivity index (χ0) is 18.7. The lowest BCUT2D eigenvalue weighted by molar-refractivity contribution is 0.414. The van der Waals surface area contributed by atoms with Gasteiger partial charge in [0.15, 0.2) is 0 Å². The van der Waals surface area contributed by atoms with Crippen LogP contribution in [0, 0.1) is 0 Å². The Kier molecular flexibility index (Phi) is 15.5. The molecule has 0 saturated heterocycles. The zero-order valence-electron chi connectivity index (χ0n) is 17.7. The van der Waals surface area contributed by atoms with Crippen LogP contribution in [-0.2, 0) is 6.42 Å². The van der Waals surface area contributed by atoms with Gasteiger partial charge in [0.1, 0.15) is 5.75 Å². The van der Waals surface area contributed by atoms with Gasteiger partial charge in [0.2, 0.25) is 0 Å². The van der Waals surface area contributed by atoms with Gasteiger partial charge < -0.3 is 4.74 Å². The first-order chi connectivity index (χ1) is 12.9. The Bertz CT molecular complexity index is 412. The highest BCUT2D eigenvalue weighted by molar-refractivity contribution is 5.28. The number of methoxy groups -OCH3 is 1. The van der Waals surface area contributed by atoms with Gasteiger partial charge in [0.25, 0.3) is 0 Å². The van der Waals surface area contributed by atoms with E-state index in [1.54, 1.807) is 7.11 Å². The molecular formula is C25H44O. The van der Waals surface area contributed by atoms with Crippen molar-refractivity contribution in [1.29, 1.82) is 0 Å². The van der Waals surface area contributed by atoms with Gasteiger partial charge in [0.05, 0.1) is 7.11 Å². The largest absolute Gasteiger partial charge is 0.497 e. The molecule has 0 aromatic heterocycles. The van der Waals surface area contributed by atoms with Crippen LogP contribution in [0.15, 0.2) is 24.3 Å². The maximum Gasteiger partial charge on any atom is 0.119 e. The molecule has 0 heterocycles. The summed E-state index contributed by atoms with van der Waals surface area (Å²) in [5.74, 6) is 0.985. The third-order valence-electron chi connectivity index (χ3n) is 5.45. The molecule has 1 aromatic rings. The zero-order valence-corrected chi connectivity index (χ0v) is 17.7. The topological polar surface area (TPSA) is 9.23 Å². The van der Waals surface area contributed by atoms with Crippen molar-refractivity contribution in [2.75, 3.05) is 7.11 Å². The maximum absolute atomic E-state index is 5.29. The summed E-state index contributed by atoms with van der Waals surface area (Å²) in [6.07, 6.45) is 24.1. The summed E-state index contributed by atoms with van der Waals surface area (Å²) in [6, 6.07) is 8.51. The van der Waals surface area contributed by atoms with Crippen molar-refractivity contribution in [3.05, 3.63) is 29.8 Å². The first-order valence-electron chi connectivity index (χ1n) is 11.5. The monoisotopic (exact) mass is 360 g/mol. The third kappa shape index (κ3) is 13.3. The lowest BCUT2D eigenvalue weighted by Gasteiger charge is -2.05. The molecule has 0 spiro atoms. The van der Waals surface area contributed by atoms with Gasteiger partial charge in [-0.2, -0.15) is 0 Å². The van der Waals surface area contributed by atoms with E-state index in [1.165, 1.54) is 115 Å². The van der Waals surface area contributed by atoms with Gasteiger partial charge in [-0.3, -0.25) is 0 Å². The summed E-state index contributed by atoms with van der Waals surface area (Å²) in [5, 5.41) is 0. The predicted molar refractivity (Wildman–Crippen MR) is 116 cm³/mol. The van der Waals surface area contributed by atoms with Gasteiger partial charge in [-0.1, -0.05) is 115 Å². The van der Waals surface area contributed by atoms with E-state index in [4.69, 9.17) is 4.74 Å². The molecule has 0 N–H and O–H groups in total. The highest BCUT2D eigenvalue weighted by Gasteiger charge is 1.97. The molecule has 0 radical (unpaired) electrons. The number of aryl methyl sites for hydroxylation is 1. The first-order valence-corrected chi connectivity index (χ1v) is 11.5. The molecule has 0 saturated carbocycles. The van der Waals surface area contributed by atoms with E-state index >= 15 is 0 Å². The fourth-order valence-corrected chi connectivity index (χ4v) is 3.71. The quantitative estimate of drug-likeness (QED) is 0.238. The summed E-state index contributed by atoms with van der Waals surface area (Å²) in [4.78, 5) is 0. The highest BCUT2D eigenvalue weighted by atomic mass is 16.5. The van der Waals surface area contributed by atoms with Crippen LogP contribution in [0.2, 0.25) is 0 Å². The average Bonchev–Trinajstić information content (AvgIpc) is 2.68. The molecule has 0 aliphatic heterocycles. The normalized spacial score (nSPS) is 11.0. The van der Waals surface area contributed by atoms with Gasteiger partial charge in [0, 0.05) is 0 Å². The molecule has 0 aliphatic carbocycles. The average molecular weight is 361 g/mol. The number of hydrogen-bond donors (Lipinski definition) is 0. The van der Waals surface area contributed by atoms with Crippen molar-refractivity contribution in [3.63, 3.8) is 0 Å². The second-order valence-electron chi connectivity index (χ2n) is 7.90. The van der Waals surface area contributed by atoms with Crippen LogP contribution < -0.4 is 4.74 Å². The number of ether oxygens (including phenoxy) is 1. The lowest BCUT2D eigenvalue weighted by atomic mass is 10.0. The number of unbranched alkanes of at least 4 members (excludes halogenated alkanes) is 15. The third-order valence-corrected chi connectivity index (χ3v) is 5.45. The number of benzene rings is 1. The Morgan fingerprint density at radius 1 is 0.615 bits per heavy atom. The van der Waals surface area contributed by atoms with E-state index in [-0.39, 0.29) is 0 Å². The second-order valence-corrected chi connectivity index (χ2v) is 7.90. The molecule has 0 bridgehead atoms. The maximum atomic E-state index is 5.29. The molecule has 26 heavy (non-hydrogen) atoms. The fraction of sp³-hybridized carbons (Fsp3) is 0.760. The molecule has 0 atom stereocenters. The summed E-state index contributed by atoms with van der Waals surface area (Å²) < 4.78 is 5.29. The van der Waals surface area contributed by atoms with E-state index in [9.17, 15) is 0 Å². The smallest absolute Gasteiger partial charge is 0.119 e. The van der Waals surface area contributed by atoms with Gasteiger partial charge >= 0.3 is 0 Å². The van der Waals surface area contributed by atoms with Crippen LogP contribution in [0.5, 0.6) is 5.75 Å². The van der Waals surface area contributed by atoms with Crippen molar-refractivity contribution in [2.24, 2.45) is 0 Å². The van der Waals surface area contributed by atoms with Gasteiger partial charge in [-0.25, -0.2) is 0 Å². The minimum Gasteiger partial charge on any atom is -0.497 e. The van der Waals surface area contributed by atoms with E-state index in [0.29, 0.717) is 0 Å². The highest BCUT2D eigenvalue weighted by Crippen LogP contribution is 2.16. The molecule has 1 aromatic carbocycles. The summed E-state index contributed by atoms with van der Waals surface area (Å²) in [6.45, 7) is 2.29. The molecule has 0 unspecified atom stereocenters. The molecule has 0 fully saturated rings. The Balaban J connectivity index is 1.78. The molecule has 1 heteroatoms. The predicted octanol–water partition coefficient (Wildman–Crippen LogP) is 8.50. The van der Waals surface area contributed by atoms with Crippen molar-refractivity contribution >= 4 is 0 Å². The minimum absolute atomic E-state index is 0.985. The van der Waals surface area contributed by atoms with Gasteiger partial charge in [-0.15, -0.1) is 0 Å². The molecule has 0 amide bonds. The van der Waals surface area contributed by atoms with Crippen LogP contribution >= 0.6 is 0 Å². The first kappa shape index (κ1) is 23.1. The fourth-order valence-electron chi connectivity index (χ4n) is 3.71. The van der Waals surface area contributed by atoms with E-state index in [2.05, 4.69) is 25.1 Å². The molecule has 0 aliphatic rings. The van der Waals surface area contributed by atoms with E-state index in [1.807, 2.05) is 6.07 Å². The van der Waals surface area contributed by atoms with Crippen molar-refractivity contribution in [1.82, 2.24) is 0 Å². The second kappa shape index (κ2) is 17.4. The molecule has 1 rings (SSSR count). The summed E-state index contributed by atoms with van der Waals surface area (Å²) in [5.41, 5.74) is 1.41. The van der Waals surface area contributed by atoms with Crippen molar-refractivity contribution in [3.8, 4) is 5.75 Å². The van der Waals surface area contributed by atoms with Crippen molar-refractivity contribution < 1.29 is 4.74 Å². The lowest BCUT2D eigenvalue weighted by Crippen LogP contribution is -1.89. The molecule has 150 valence electrons. The van der Waals surface area contributed by atoms with Crippen LogP contribution in [0.3, 0.4) is 0 Å². The minimum atomic E-state index is 0.985. The number of hydrogen-bond acceptors (Lipinski definition) is 1. The number of rotatable bonds is 18. The van der Waals surface area contributed by atoms with Crippen molar-refractivity contribution in [2.45, 2.75) is 116 Å². The standard InChI is InChI=1S/C25H44O/c1-3-4-5-6-7-8-9-10-11-12-13-14-15-16-17-18-20-24-21-19-22-25(23-24)26-2/h19,21-23H,3-18,20H2,1-2H3. The van der Waals surface area contributed by atoms with E-state index < -0.39 is 0 Å².